The molecule has 3 N–H and O–H groups in total. The Bertz CT molecular complexity index is 840. The van der Waals surface area contributed by atoms with Crippen molar-refractivity contribution in [3.05, 3.63) is 29.3 Å². The minimum absolute atomic E-state index is 0.0376. The molecule has 1 aromatic carbocycles. The van der Waals surface area contributed by atoms with E-state index in [0.29, 0.717) is 11.3 Å². The van der Waals surface area contributed by atoms with Crippen molar-refractivity contribution >= 4 is 5.82 Å². The van der Waals surface area contributed by atoms with Crippen LogP contribution in [0, 0.1) is 0 Å². The van der Waals surface area contributed by atoms with Gasteiger partial charge in [0.05, 0.1) is 19.3 Å². The number of hydrogen-bond donors (Lipinski definition) is 3. The summed E-state index contributed by atoms with van der Waals surface area (Å²) < 4.78 is 5.20. The molecule has 2 atom stereocenters. The van der Waals surface area contributed by atoms with Gasteiger partial charge in [-0.2, -0.15) is 0 Å². The fourth-order valence-corrected chi connectivity index (χ4v) is 4.45. The maximum Gasteiger partial charge on any atom is 0.152 e. The van der Waals surface area contributed by atoms with Crippen molar-refractivity contribution in [3.8, 4) is 22.8 Å². The number of aliphatic hydroxyl groups excluding tert-OH is 1. The molecule has 1 saturated carbocycles. The van der Waals surface area contributed by atoms with Gasteiger partial charge in [-0.3, -0.25) is 0 Å². The van der Waals surface area contributed by atoms with Gasteiger partial charge in [-0.05, 0) is 56.2 Å². The number of nitrogens with zero attached hydrogens (tertiary/aromatic N) is 2. The van der Waals surface area contributed by atoms with E-state index in [2.05, 4.69) is 15.5 Å². The smallest absolute Gasteiger partial charge is 0.152 e. The summed E-state index contributed by atoms with van der Waals surface area (Å²) >= 11 is 0. The molecular formula is C22H29N3O3. The molecule has 2 aliphatic carbocycles. The molecule has 0 saturated heterocycles. The van der Waals surface area contributed by atoms with Gasteiger partial charge in [0.15, 0.2) is 5.82 Å². The molecule has 150 valence electrons. The first-order valence-corrected chi connectivity index (χ1v) is 10.4. The average Bonchev–Trinajstić information content (AvgIpc) is 2.97. The molecule has 1 heterocycles. The Balaban J connectivity index is 1.73. The number of nitrogens with one attached hydrogen (secondary N) is 1. The van der Waals surface area contributed by atoms with E-state index in [4.69, 9.17) is 4.74 Å². The lowest BCUT2D eigenvalue weighted by Crippen LogP contribution is -2.37. The van der Waals surface area contributed by atoms with Gasteiger partial charge in [0, 0.05) is 17.2 Å². The summed E-state index contributed by atoms with van der Waals surface area (Å²) in [5.41, 5.74) is 3.80. The third-order valence-corrected chi connectivity index (χ3v) is 6.05. The Morgan fingerprint density at radius 1 is 1.00 bits per heavy atom. The summed E-state index contributed by atoms with van der Waals surface area (Å²) in [6.07, 6.45) is 8.94. The fourth-order valence-electron chi connectivity index (χ4n) is 4.45. The molecule has 6 heteroatoms. The van der Waals surface area contributed by atoms with Crippen LogP contribution < -0.4 is 10.1 Å². The van der Waals surface area contributed by atoms with E-state index < -0.39 is 0 Å². The topological polar surface area (TPSA) is 87.5 Å². The van der Waals surface area contributed by atoms with Crippen LogP contribution in [-0.4, -0.2) is 39.7 Å². The number of ether oxygens (including phenoxy) is 1. The Labute approximate surface area is 166 Å². The number of benzene rings is 1. The number of hydrogen-bond acceptors (Lipinski definition) is 6. The summed E-state index contributed by atoms with van der Waals surface area (Å²) in [6.45, 7) is 0. The van der Waals surface area contributed by atoms with Crippen LogP contribution in [0.2, 0.25) is 0 Å². The summed E-state index contributed by atoms with van der Waals surface area (Å²) in [6, 6.07) is 5.34. The summed E-state index contributed by atoms with van der Waals surface area (Å²) in [5.74, 6) is 1.58. The quantitative estimate of drug-likeness (QED) is 0.695. The molecule has 1 aromatic heterocycles. The zero-order chi connectivity index (χ0) is 19.5. The van der Waals surface area contributed by atoms with Gasteiger partial charge in [-0.1, -0.05) is 19.3 Å². The Hall–Kier alpha value is -2.34. The molecule has 0 radical (unpaired) electrons. The molecule has 28 heavy (non-hydrogen) atoms. The van der Waals surface area contributed by atoms with Gasteiger partial charge < -0.3 is 20.3 Å². The van der Waals surface area contributed by atoms with E-state index in [-0.39, 0.29) is 17.9 Å². The van der Waals surface area contributed by atoms with Crippen molar-refractivity contribution in [2.45, 2.75) is 69.9 Å². The van der Waals surface area contributed by atoms with Gasteiger partial charge in [0.2, 0.25) is 0 Å². The van der Waals surface area contributed by atoms with E-state index in [1.54, 1.807) is 13.2 Å². The van der Waals surface area contributed by atoms with Crippen molar-refractivity contribution in [2.24, 2.45) is 0 Å². The van der Waals surface area contributed by atoms with Crippen molar-refractivity contribution < 1.29 is 14.9 Å². The highest BCUT2D eigenvalue weighted by atomic mass is 16.5. The van der Waals surface area contributed by atoms with Crippen LogP contribution in [0.5, 0.6) is 11.5 Å². The van der Waals surface area contributed by atoms with Crippen LogP contribution in [-0.2, 0) is 12.8 Å². The maximum atomic E-state index is 10.5. The molecule has 0 aliphatic heterocycles. The monoisotopic (exact) mass is 383 g/mol. The van der Waals surface area contributed by atoms with Crippen LogP contribution >= 0.6 is 0 Å². The number of aliphatic hydroxyl groups is 1. The number of phenolic OH excluding ortho intramolecular Hbond substituents is 1. The van der Waals surface area contributed by atoms with Crippen LogP contribution in [0.3, 0.4) is 0 Å². The van der Waals surface area contributed by atoms with Crippen LogP contribution in [0.4, 0.5) is 5.82 Å². The Kier molecular flexibility index (Phi) is 5.67. The number of methoxy groups -OCH3 is 1. The van der Waals surface area contributed by atoms with E-state index in [9.17, 15) is 10.2 Å². The molecule has 0 spiro atoms. The van der Waals surface area contributed by atoms with E-state index >= 15 is 0 Å². The highest BCUT2D eigenvalue weighted by Gasteiger charge is 2.26. The first kappa shape index (κ1) is 19.0. The zero-order valence-electron chi connectivity index (χ0n) is 16.4. The standard InChI is InChI=1S/C22H29N3O3/c1-28-14-11-12-17(20(27)13-14)21-15-7-3-2-4-8-16(15)22(25-24-21)23-18-9-5-6-10-19(18)26/h11-13,18-19,26-27H,2-10H2,1H3,(H,23,25)/t18-,19-/m1/s1. The Morgan fingerprint density at radius 2 is 1.79 bits per heavy atom. The normalized spacial score (nSPS) is 22.2. The largest absolute Gasteiger partial charge is 0.507 e. The molecule has 4 rings (SSSR count). The van der Waals surface area contributed by atoms with Gasteiger partial charge in [-0.15, -0.1) is 10.2 Å². The molecule has 6 nitrogen and oxygen atoms in total. The number of aromatic nitrogens is 2. The van der Waals surface area contributed by atoms with Crippen molar-refractivity contribution in [1.29, 1.82) is 0 Å². The molecular weight excluding hydrogens is 354 g/mol. The predicted molar refractivity (Wildman–Crippen MR) is 109 cm³/mol. The third kappa shape index (κ3) is 3.78. The molecule has 2 aliphatic rings. The number of phenols is 1. The average molecular weight is 383 g/mol. The lowest BCUT2D eigenvalue weighted by Gasteiger charge is -2.29. The second-order valence-electron chi connectivity index (χ2n) is 7.90. The third-order valence-electron chi connectivity index (χ3n) is 6.05. The second-order valence-corrected chi connectivity index (χ2v) is 7.90. The lowest BCUT2D eigenvalue weighted by atomic mass is 9.92. The molecule has 0 bridgehead atoms. The number of aromatic hydroxyl groups is 1. The van der Waals surface area contributed by atoms with E-state index in [0.717, 1.165) is 62.9 Å². The van der Waals surface area contributed by atoms with Gasteiger partial charge in [0.25, 0.3) is 0 Å². The molecule has 2 aromatic rings. The Morgan fingerprint density at radius 3 is 2.54 bits per heavy atom. The first-order chi connectivity index (χ1) is 13.7. The van der Waals surface area contributed by atoms with Crippen LogP contribution in [0.1, 0.15) is 56.1 Å². The first-order valence-electron chi connectivity index (χ1n) is 10.4. The van der Waals surface area contributed by atoms with Gasteiger partial charge >= 0.3 is 0 Å². The fraction of sp³-hybridized carbons (Fsp3) is 0.545. The summed E-state index contributed by atoms with van der Waals surface area (Å²) in [5, 5.41) is 33.4. The van der Waals surface area contributed by atoms with E-state index in [1.165, 1.54) is 17.5 Å². The number of anilines is 1. The number of rotatable bonds is 4. The van der Waals surface area contributed by atoms with Crippen molar-refractivity contribution in [1.82, 2.24) is 10.2 Å². The lowest BCUT2D eigenvalue weighted by molar-refractivity contribution is 0.116. The van der Waals surface area contributed by atoms with Crippen LogP contribution in [0.15, 0.2) is 18.2 Å². The summed E-state index contributed by atoms with van der Waals surface area (Å²) in [4.78, 5) is 0. The highest BCUT2D eigenvalue weighted by molar-refractivity contribution is 5.73. The number of fused-ring (bicyclic) bond motifs is 1. The highest BCUT2D eigenvalue weighted by Crippen LogP contribution is 2.38. The minimum atomic E-state index is -0.331. The van der Waals surface area contributed by atoms with Crippen molar-refractivity contribution in [2.75, 3.05) is 12.4 Å². The molecule has 1 fully saturated rings. The van der Waals surface area contributed by atoms with Crippen molar-refractivity contribution in [3.63, 3.8) is 0 Å². The van der Waals surface area contributed by atoms with Gasteiger partial charge in [-0.25, -0.2) is 0 Å². The second kappa shape index (κ2) is 8.35. The maximum absolute atomic E-state index is 10.5. The predicted octanol–water partition coefficient (Wildman–Crippen LogP) is 3.84. The summed E-state index contributed by atoms with van der Waals surface area (Å²) in [7, 11) is 1.58. The SMILES string of the molecule is COc1ccc(-c2nnc(N[C@@H]3CCCC[C@H]3O)c3c2CCCCC3)c(O)c1. The molecule has 0 amide bonds. The van der Waals surface area contributed by atoms with Crippen LogP contribution in [0.25, 0.3) is 11.3 Å². The minimum Gasteiger partial charge on any atom is -0.507 e. The van der Waals surface area contributed by atoms with E-state index in [1.807, 2.05) is 12.1 Å². The van der Waals surface area contributed by atoms with Gasteiger partial charge in [0.1, 0.15) is 17.2 Å². The zero-order valence-corrected chi connectivity index (χ0v) is 16.4. The molecule has 0 unspecified atom stereocenters.